The first-order valence-electron chi connectivity index (χ1n) is 8.63. The van der Waals surface area contributed by atoms with Gasteiger partial charge in [0.25, 0.3) is 0 Å². The second kappa shape index (κ2) is 8.29. The van der Waals surface area contributed by atoms with Crippen LogP contribution in [0.3, 0.4) is 0 Å². The van der Waals surface area contributed by atoms with E-state index in [-0.39, 0.29) is 5.91 Å². The smallest absolute Gasteiger partial charge is 0.220 e. The van der Waals surface area contributed by atoms with E-state index in [1.54, 1.807) is 0 Å². The number of rotatable bonds is 7. The molecule has 0 fully saturated rings. The maximum Gasteiger partial charge on any atom is 0.220 e. The zero-order valence-electron chi connectivity index (χ0n) is 14.5. The summed E-state index contributed by atoms with van der Waals surface area (Å²) in [6, 6.07) is 20.3. The molecular weight excluding hydrogens is 310 g/mol. The first-order valence-corrected chi connectivity index (χ1v) is 8.63. The van der Waals surface area contributed by atoms with E-state index in [9.17, 15) is 4.79 Å². The highest BCUT2D eigenvalue weighted by Crippen LogP contribution is 2.19. The van der Waals surface area contributed by atoms with Crippen LogP contribution in [0.5, 0.6) is 0 Å². The molecule has 0 bridgehead atoms. The summed E-state index contributed by atoms with van der Waals surface area (Å²) >= 11 is 0. The molecule has 4 nitrogen and oxygen atoms in total. The van der Waals surface area contributed by atoms with Crippen LogP contribution in [0.1, 0.15) is 17.5 Å². The van der Waals surface area contributed by atoms with E-state index >= 15 is 0 Å². The van der Waals surface area contributed by atoms with Crippen molar-refractivity contribution in [1.29, 1.82) is 0 Å². The lowest BCUT2D eigenvalue weighted by atomic mass is 10.1. The SMILES string of the molecule is Cc1cc2ccccc2nc1NCCNC(=O)CCc1ccccc1. The summed E-state index contributed by atoms with van der Waals surface area (Å²) in [5, 5.41) is 7.40. The molecule has 0 aliphatic rings. The van der Waals surface area contributed by atoms with Crippen molar-refractivity contribution in [3.63, 3.8) is 0 Å². The van der Waals surface area contributed by atoms with Crippen LogP contribution in [0.2, 0.25) is 0 Å². The van der Waals surface area contributed by atoms with Gasteiger partial charge in [0.05, 0.1) is 5.52 Å². The van der Waals surface area contributed by atoms with Gasteiger partial charge in [-0.25, -0.2) is 4.98 Å². The fourth-order valence-electron chi connectivity index (χ4n) is 2.77. The number of nitrogens with one attached hydrogen (secondary N) is 2. The van der Waals surface area contributed by atoms with Crippen molar-refractivity contribution in [3.8, 4) is 0 Å². The molecule has 1 aromatic heterocycles. The summed E-state index contributed by atoms with van der Waals surface area (Å²) < 4.78 is 0. The average molecular weight is 333 g/mol. The summed E-state index contributed by atoms with van der Waals surface area (Å²) in [4.78, 5) is 16.6. The summed E-state index contributed by atoms with van der Waals surface area (Å²) in [5.74, 6) is 0.950. The van der Waals surface area contributed by atoms with E-state index in [2.05, 4.69) is 27.8 Å². The first kappa shape index (κ1) is 17.0. The molecule has 0 aliphatic carbocycles. The molecule has 25 heavy (non-hydrogen) atoms. The monoisotopic (exact) mass is 333 g/mol. The Labute approximate surface area is 148 Å². The normalized spacial score (nSPS) is 10.6. The van der Waals surface area contributed by atoms with Gasteiger partial charge in [-0.3, -0.25) is 4.79 Å². The molecule has 3 rings (SSSR count). The third kappa shape index (κ3) is 4.80. The van der Waals surface area contributed by atoms with E-state index in [4.69, 9.17) is 0 Å². The maximum absolute atomic E-state index is 11.9. The van der Waals surface area contributed by atoms with Gasteiger partial charge < -0.3 is 10.6 Å². The van der Waals surface area contributed by atoms with E-state index < -0.39 is 0 Å². The first-order chi connectivity index (χ1) is 12.2. The van der Waals surface area contributed by atoms with Crippen LogP contribution in [0.15, 0.2) is 60.7 Å². The number of nitrogens with zero attached hydrogens (tertiary/aromatic N) is 1. The molecule has 3 aromatic rings. The highest BCUT2D eigenvalue weighted by molar-refractivity contribution is 5.81. The largest absolute Gasteiger partial charge is 0.368 e. The maximum atomic E-state index is 11.9. The third-order valence-electron chi connectivity index (χ3n) is 4.14. The molecule has 0 atom stereocenters. The number of amides is 1. The van der Waals surface area contributed by atoms with Crippen LogP contribution in [0.4, 0.5) is 5.82 Å². The van der Waals surface area contributed by atoms with Crippen molar-refractivity contribution in [2.24, 2.45) is 0 Å². The fraction of sp³-hybridized carbons (Fsp3) is 0.238. The van der Waals surface area contributed by atoms with E-state index in [1.165, 1.54) is 5.56 Å². The third-order valence-corrected chi connectivity index (χ3v) is 4.14. The van der Waals surface area contributed by atoms with Gasteiger partial charge in [0.2, 0.25) is 5.91 Å². The summed E-state index contributed by atoms with van der Waals surface area (Å²) in [7, 11) is 0. The highest BCUT2D eigenvalue weighted by atomic mass is 16.1. The van der Waals surface area contributed by atoms with Crippen molar-refractivity contribution in [3.05, 3.63) is 71.8 Å². The molecular formula is C21H23N3O. The van der Waals surface area contributed by atoms with Crippen molar-refractivity contribution in [2.75, 3.05) is 18.4 Å². The van der Waals surface area contributed by atoms with Gasteiger partial charge in [0.15, 0.2) is 0 Å². The van der Waals surface area contributed by atoms with Crippen molar-refractivity contribution in [2.45, 2.75) is 19.8 Å². The van der Waals surface area contributed by atoms with Gasteiger partial charge in [0, 0.05) is 24.9 Å². The van der Waals surface area contributed by atoms with Crippen molar-refractivity contribution >= 4 is 22.6 Å². The van der Waals surface area contributed by atoms with Crippen LogP contribution in [-0.4, -0.2) is 24.0 Å². The number of aromatic nitrogens is 1. The summed E-state index contributed by atoms with van der Waals surface area (Å²) in [5.41, 5.74) is 3.27. The minimum Gasteiger partial charge on any atom is -0.368 e. The molecule has 4 heteroatoms. The number of benzene rings is 2. The number of para-hydroxylation sites is 1. The second-order valence-electron chi connectivity index (χ2n) is 6.11. The molecule has 1 heterocycles. The molecule has 0 unspecified atom stereocenters. The Morgan fingerprint density at radius 3 is 2.60 bits per heavy atom. The number of anilines is 1. The van der Waals surface area contributed by atoms with Gasteiger partial charge in [0.1, 0.15) is 5.82 Å². The zero-order valence-corrected chi connectivity index (χ0v) is 14.5. The summed E-state index contributed by atoms with van der Waals surface area (Å²) in [6.45, 7) is 3.28. The molecule has 128 valence electrons. The Morgan fingerprint density at radius 1 is 1.00 bits per heavy atom. The van der Waals surface area contributed by atoms with E-state index in [1.807, 2.05) is 55.5 Å². The number of hydrogen-bond acceptors (Lipinski definition) is 3. The summed E-state index contributed by atoms with van der Waals surface area (Å²) in [6.07, 6.45) is 1.28. The number of aryl methyl sites for hydroxylation is 2. The Kier molecular flexibility index (Phi) is 5.62. The molecule has 0 saturated carbocycles. The molecule has 1 amide bonds. The van der Waals surface area contributed by atoms with Gasteiger partial charge >= 0.3 is 0 Å². The second-order valence-corrected chi connectivity index (χ2v) is 6.11. The molecule has 0 spiro atoms. The molecule has 0 saturated heterocycles. The number of carbonyl (C=O) groups excluding carboxylic acids is 1. The van der Waals surface area contributed by atoms with Gasteiger partial charge in [-0.15, -0.1) is 0 Å². The Bertz CT molecular complexity index is 846. The number of fused-ring (bicyclic) bond motifs is 1. The Balaban J connectivity index is 1.44. The molecule has 0 aliphatic heterocycles. The predicted octanol–water partition coefficient (Wildman–Crippen LogP) is 3.70. The van der Waals surface area contributed by atoms with E-state index in [0.29, 0.717) is 19.5 Å². The zero-order chi connectivity index (χ0) is 17.5. The van der Waals surface area contributed by atoms with Crippen LogP contribution in [0, 0.1) is 6.92 Å². The molecule has 2 N–H and O–H groups in total. The van der Waals surface area contributed by atoms with Crippen molar-refractivity contribution in [1.82, 2.24) is 10.3 Å². The fourth-order valence-corrected chi connectivity index (χ4v) is 2.77. The quantitative estimate of drug-likeness (QED) is 0.648. The van der Waals surface area contributed by atoms with Crippen LogP contribution in [0.25, 0.3) is 10.9 Å². The van der Waals surface area contributed by atoms with E-state index in [0.717, 1.165) is 28.7 Å². The van der Waals surface area contributed by atoms with Gasteiger partial charge in [-0.1, -0.05) is 48.5 Å². The lowest BCUT2D eigenvalue weighted by Gasteiger charge is -2.11. The minimum atomic E-state index is 0.0776. The average Bonchev–Trinajstić information content (AvgIpc) is 2.64. The van der Waals surface area contributed by atoms with Gasteiger partial charge in [-0.2, -0.15) is 0 Å². The Morgan fingerprint density at radius 2 is 1.76 bits per heavy atom. The lowest BCUT2D eigenvalue weighted by Crippen LogP contribution is -2.29. The minimum absolute atomic E-state index is 0.0776. The van der Waals surface area contributed by atoms with Gasteiger partial charge in [-0.05, 0) is 36.6 Å². The highest BCUT2D eigenvalue weighted by Gasteiger charge is 2.04. The standard InChI is InChI=1S/C21H23N3O/c1-16-15-18-9-5-6-10-19(18)24-21(16)23-14-13-22-20(25)12-11-17-7-3-2-4-8-17/h2-10,15H,11-14H2,1H3,(H,22,25)(H,23,24). The van der Waals surface area contributed by atoms with Crippen LogP contribution >= 0.6 is 0 Å². The number of hydrogen-bond donors (Lipinski definition) is 2. The number of pyridine rings is 1. The lowest BCUT2D eigenvalue weighted by molar-refractivity contribution is -0.120. The molecule has 2 aromatic carbocycles. The molecule has 0 radical (unpaired) electrons. The number of carbonyl (C=O) groups is 1. The van der Waals surface area contributed by atoms with Crippen LogP contribution < -0.4 is 10.6 Å². The van der Waals surface area contributed by atoms with Crippen molar-refractivity contribution < 1.29 is 4.79 Å². The van der Waals surface area contributed by atoms with Crippen LogP contribution in [-0.2, 0) is 11.2 Å². The topological polar surface area (TPSA) is 54.0 Å². The Hall–Kier alpha value is -2.88. The predicted molar refractivity (Wildman–Crippen MR) is 103 cm³/mol.